The molecule has 1 N–H and O–H groups in total. The summed E-state index contributed by atoms with van der Waals surface area (Å²) in [6, 6.07) is 6.67. The molecule has 1 aromatic carbocycles. The number of hydrogen-bond donors (Lipinski definition) is 2. The van der Waals surface area contributed by atoms with Crippen LogP contribution in [0.4, 0.5) is 10.5 Å². The number of nitro groups is 1. The lowest BCUT2D eigenvalue weighted by Crippen LogP contribution is -2.56. The number of amides is 1. The zero-order valence-corrected chi connectivity index (χ0v) is 14.9. The van der Waals surface area contributed by atoms with Gasteiger partial charge in [-0.3, -0.25) is 15.0 Å². The summed E-state index contributed by atoms with van der Waals surface area (Å²) in [6.45, 7) is 2.17. The Labute approximate surface area is 152 Å². The maximum atomic E-state index is 12.0. The van der Waals surface area contributed by atoms with E-state index in [0.29, 0.717) is 11.3 Å². The maximum Gasteiger partial charge on any atom is 0.407 e. The third-order valence-electron chi connectivity index (χ3n) is 4.89. The van der Waals surface area contributed by atoms with Crippen LogP contribution < -0.4 is 5.32 Å². The van der Waals surface area contributed by atoms with Gasteiger partial charge in [0, 0.05) is 42.6 Å². The standard InChI is InChI=1S/C17H23N3O4S/c21-17(24-11-12-4-6-14(7-5-12)20(22)23)18-13-2-1-3-15(8-13)19-9-16(25)10-19/h4-7,13,15-16,25H,1-3,8-11H2,(H,18,21)/t13-,15-/m0/s1. The minimum atomic E-state index is -0.453. The number of carbonyl (C=O) groups excluding carboxylic acids is 1. The molecule has 25 heavy (non-hydrogen) atoms. The fourth-order valence-electron chi connectivity index (χ4n) is 3.48. The van der Waals surface area contributed by atoms with E-state index in [0.717, 1.165) is 37.9 Å². The molecule has 1 amide bonds. The minimum Gasteiger partial charge on any atom is -0.445 e. The number of benzene rings is 1. The molecule has 1 aliphatic carbocycles. The van der Waals surface area contributed by atoms with Crippen LogP contribution in [0.2, 0.25) is 0 Å². The van der Waals surface area contributed by atoms with Gasteiger partial charge in [-0.25, -0.2) is 4.79 Å². The van der Waals surface area contributed by atoms with Crippen molar-refractivity contribution in [3.8, 4) is 0 Å². The first-order valence-corrected chi connectivity index (χ1v) is 9.11. The van der Waals surface area contributed by atoms with E-state index in [1.54, 1.807) is 12.1 Å². The van der Waals surface area contributed by atoms with E-state index in [1.165, 1.54) is 18.6 Å². The molecule has 3 rings (SSSR count). The Balaban J connectivity index is 1.42. The molecule has 136 valence electrons. The maximum absolute atomic E-state index is 12.0. The summed E-state index contributed by atoms with van der Waals surface area (Å²) in [5, 5.41) is 14.1. The SMILES string of the molecule is O=C(N[C@H]1CCC[C@H](N2CC(S)C2)C1)OCc1ccc([N+](=O)[O-])cc1. The van der Waals surface area contributed by atoms with Crippen molar-refractivity contribution in [2.45, 2.75) is 49.6 Å². The molecule has 1 aliphatic heterocycles. The molecule has 1 saturated heterocycles. The van der Waals surface area contributed by atoms with Crippen molar-refractivity contribution in [3.05, 3.63) is 39.9 Å². The van der Waals surface area contributed by atoms with Crippen LogP contribution in [-0.4, -0.2) is 46.3 Å². The van der Waals surface area contributed by atoms with Crippen molar-refractivity contribution in [2.24, 2.45) is 0 Å². The Morgan fingerprint density at radius 2 is 2.04 bits per heavy atom. The summed E-state index contributed by atoms with van der Waals surface area (Å²) < 4.78 is 5.24. The van der Waals surface area contributed by atoms with Gasteiger partial charge in [0.1, 0.15) is 6.61 Å². The van der Waals surface area contributed by atoms with Crippen molar-refractivity contribution in [1.82, 2.24) is 10.2 Å². The van der Waals surface area contributed by atoms with Crippen LogP contribution in [0.15, 0.2) is 24.3 Å². The third kappa shape index (κ3) is 4.85. The molecule has 2 aliphatic rings. The Morgan fingerprint density at radius 1 is 1.32 bits per heavy atom. The summed E-state index contributed by atoms with van der Waals surface area (Å²) in [4.78, 5) is 24.6. The summed E-state index contributed by atoms with van der Waals surface area (Å²) in [5.41, 5.74) is 0.749. The second-order valence-corrected chi connectivity index (χ2v) is 7.50. The number of hydrogen-bond acceptors (Lipinski definition) is 6. The number of rotatable bonds is 5. The molecular formula is C17H23N3O4S. The van der Waals surface area contributed by atoms with Gasteiger partial charge < -0.3 is 10.1 Å². The third-order valence-corrected chi connectivity index (χ3v) is 5.22. The highest BCUT2D eigenvalue weighted by molar-refractivity contribution is 7.81. The number of nitro benzene ring substituents is 1. The van der Waals surface area contributed by atoms with Gasteiger partial charge in [0.25, 0.3) is 5.69 Å². The second-order valence-electron chi connectivity index (χ2n) is 6.77. The van der Waals surface area contributed by atoms with E-state index in [1.807, 2.05) is 0 Å². The molecule has 0 unspecified atom stereocenters. The Bertz CT molecular complexity index is 619. The minimum absolute atomic E-state index is 0.0240. The summed E-state index contributed by atoms with van der Waals surface area (Å²) in [5.74, 6) is 0. The largest absolute Gasteiger partial charge is 0.445 e. The Hall–Kier alpha value is -1.80. The van der Waals surface area contributed by atoms with Gasteiger partial charge in [-0.2, -0.15) is 12.6 Å². The van der Waals surface area contributed by atoms with Crippen LogP contribution in [-0.2, 0) is 11.3 Å². The van der Waals surface area contributed by atoms with Crippen LogP contribution in [0.3, 0.4) is 0 Å². The fraction of sp³-hybridized carbons (Fsp3) is 0.588. The van der Waals surface area contributed by atoms with Crippen molar-refractivity contribution in [3.63, 3.8) is 0 Å². The number of thiol groups is 1. The van der Waals surface area contributed by atoms with Crippen LogP contribution in [0.1, 0.15) is 31.2 Å². The van der Waals surface area contributed by atoms with Gasteiger partial charge >= 0.3 is 6.09 Å². The molecule has 2 fully saturated rings. The highest BCUT2D eigenvalue weighted by Crippen LogP contribution is 2.28. The van der Waals surface area contributed by atoms with Gasteiger partial charge in [0.2, 0.25) is 0 Å². The predicted molar refractivity (Wildman–Crippen MR) is 96.8 cm³/mol. The Kier molecular flexibility index (Phi) is 5.80. The molecule has 1 heterocycles. The lowest BCUT2D eigenvalue weighted by molar-refractivity contribution is -0.384. The predicted octanol–water partition coefficient (Wildman–Crippen LogP) is 2.75. The first-order chi connectivity index (χ1) is 12.0. The van der Waals surface area contributed by atoms with Crippen molar-refractivity contribution in [2.75, 3.05) is 13.1 Å². The van der Waals surface area contributed by atoms with Crippen molar-refractivity contribution >= 4 is 24.4 Å². The molecule has 1 aromatic rings. The van der Waals surface area contributed by atoms with E-state index < -0.39 is 11.0 Å². The normalized spacial score (nSPS) is 24.4. The molecule has 8 heteroatoms. The van der Waals surface area contributed by atoms with E-state index >= 15 is 0 Å². The molecule has 0 bridgehead atoms. The quantitative estimate of drug-likeness (QED) is 0.476. The summed E-state index contributed by atoms with van der Waals surface area (Å²) >= 11 is 4.45. The molecule has 1 saturated carbocycles. The summed E-state index contributed by atoms with van der Waals surface area (Å²) in [6.07, 6.45) is 3.77. The van der Waals surface area contributed by atoms with Crippen molar-refractivity contribution in [1.29, 1.82) is 0 Å². The number of nitrogens with zero attached hydrogens (tertiary/aromatic N) is 2. The van der Waals surface area contributed by atoms with Crippen LogP contribution in [0, 0.1) is 10.1 Å². The number of carbonyl (C=O) groups is 1. The molecule has 0 radical (unpaired) electrons. The first-order valence-electron chi connectivity index (χ1n) is 8.60. The molecule has 0 spiro atoms. The lowest BCUT2D eigenvalue weighted by Gasteiger charge is -2.45. The average molecular weight is 365 g/mol. The lowest BCUT2D eigenvalue weighted by atomic mass is 9.88. The number of nitrogens with one attached hydrogen (secondary N) is 1. The topological polar surface area (TPSA) is 84.7 Å². The molecule has 7 nitrogen and oxygen atoms in total. The second kappa shape index (κ2) is 8.05. The van der Waals surface area contributed by atoms with Gasteiger partial charge in [0.15, 0.2) is 0 Å². The van der Waals surface area contributed by atoms with E-state index in [9.17, 15) is 14.9 Å². The zero-order valence-electron chi connectivity index (χ0n) is 14.0. The van der Waals surface area contributed by atoms with Gasteiger partial charge in [0.05, 0.1) is 4.92 Å². The van der Waals surface area contributed by atoms with Crippen LogP contribution in [0.25, 0.3) is 0 Å². The monoisotopic (exact) mass is 365 g/mol. The average Bonchev–Trinajstić information content (AvgIpc) is 2.58. The van der Waals surface area contributed by atoms with Gasteiger partial charge in [-0.05, 0) is 43.4 Å². The van der Waals surface area contributed by atoms with E-state index in [-0.39, 0.29) is 18.3 Å². The fourth-order valence-corrected chi connectivity index (χ4v) is 3.90. The smallest absolute Gasteiger partial charge is 0.407 e. The molecule has 2 atom stereocenters. The van der Waals surface area contributed by atoms with E-state index in [2.05, 4.69) is 22.8 Å². The first kappa shape index (κ1) is 18.0. The van der Waals surface area contributed by atoms with Gasteiger partial charge in [-0.1, -0.05) is 0 Å². The highest BCUT2D eigenvalue weighted by Gasteiger charge is 2.33. The van der Waals surface area contributed by atoms with Crippen molar-refractivity contribution < 1.29 is 14.5 Å². The van der Waals surface area contributed by atoms with Gasteiger partial charge in [-0.15, -0.1) is 0 Å². The molecule has 0 aromatic heterocycles. The number of alkyl carbamates (subject to hydrolysis) is 1. The molecular weight excluding hydrogens is 342 g/mol. The van der Waals surface area contributed by atoms with E-state index in [4.69, 9.17) is 4.74 Å². The number of non-ortho nitro benzene ring substituents is 1. The number of likely N-dealkylation sites (tertiary alicyclic amines) is 1. The Morgan fingerprint density at radius 3 is 2.68 bits per heavy atom. The number of ether oxygens (including phenoxy) is 1. The highest BCUT2D eigenvalue weighted by atomic mass is 32.1. The zero-order chi connectivity index (χ0) is 17.8. The van der Waals surface area contributed by atoms with Crippen LogP contribution in [0.5, 0.6) is 0 Å². The summed E-state index contributed by atoms with van der Waals surface area (Å²) in [7, 11) is 0. The van der Waals surface area contributed by atoms with Crippen LogP contribution >= 0.6 is 12.6 Å².